The number of anilines is 1. The van der Waals surface area contributed by atoms with Crippen LogP contribution in [0, 0.1) is 28.5 Å². The lowest BCUT2D eigenvalue weighted by atomic mass is 9.92. The highest BCUT2D eigenvalue weighted by molar-refractivity contribution is 6.10. The number of nitriles is 2. The third-order valence-corrected chi connectivity index (χ3v) is 2.71. The van der Waals surface area contributed by atoms with Gasteiger partial charge in [0.1, 0.15) is 18.0 Å². The number of nitrogens with one attached hydrogen (secondary N) is 1. The van der Waals surface area contributed by atoms with E-state index in [0.717, 1.165) is 0 Å². The molecule has 0 amide bonds. The third kappa shape index (κ3) is 3.38. The average molecular weight is 354 g/mol. The molecule has 0 aliphatic heterocycles. The molecule has 0 atom stereocenters. The number of aliphatic hydroxyl groups is 1. The van der Waals surface area contributed by atoms with E-state index in [1.165, 1.54) is 12.1 Å². The fraction of sp³-hybridized carbons (Fsp3) is 0.250. The Balaban J connectivity index is 3.35. The summed E-state index contributed by atoms with van der Waals surface area (Å²) >= 11 is 0. The van der Waals surface area contributed by atoms with E-state index in [2.05, 4.69) is 5.10 Å². The average Bonchev–Trinajstić information content (AvgIpc) is 2.46. The first-order valence-electron chi connectivity index (χ1n) is 5.68. The molecule has 0 aliphatic carbocycles. The minimum absolute atomic E-state index is 0.181. The molecule has 0 unspecified atom stereocenters. The Morgan fingerprint density at radius 3 is 1.92 bits per heavy atom. The van der Waals surface area contributed by atoms with Crippen molar-refractivity contribution in [3.63, 3.8) is 0 Å². The lowest BCUT2D eigenvalue weighted by molar-refractivity contribution is -0.376. The van der Waals surface area contributed by atoms with Gasteiger partial charge in [-0.3, -0.25) is 5.43 Å². The molecule has 1 aromatic rings. The molecule has 1 aromatic carbocycles. The Bertz CT molecular complexity index is 710. The molecule has 12 heteroatoms. The first-order valence-corrected chi connectivity index (χ1v) is 5.68. The van der Waals surface area contributed by atoms with Gasteiger partial charge in [0.15, 0.2) is 0 Å². The summed E-state index contributed by atoms with van der Waals surface area (Å²) in [6, 6.07) is 3.00. The van der Waals surface area contributed by atoms with Crippen LogP contribution in [0.5, 0.6) is 0 Å². The molecule has 2 N–H and O–H groups in total. The quantitative estimate of drug-likeness (QED) is 0.496. The van der Waals surface area contributed by atoms with Gasteiger partial charge in [-0.05, 0) is 12.1 Å². The minimum atomic E-state index is -6.15. The smallest absolute Gasteiger partial charge is 0.369 e. The fourth-order valence-electron chi connectivity index (χ4n) is 1.51. The third-order valence-electron chi connectivity index (χ3n) is 2.71. The van der Waals surface area contributed by atoms with E-state index >= 15 is 0 Å². The largest absolute Gasteiger partial charge is 0.430 e. The van der Waals surface area contributed by atoms with Crippen LogP contribution in [-0.2, 0) is 5.60 Å². The van der Waals surface area contributed by atoms with Crippen LogP contribution >= 0.6 is 0 Å². The maximum Gasteiger partial charge on any atom is 0.430 e. The molecule has 0 aliphatic rings. The van der Waals surface area contributed by atoms with E-state index in [9.17, 15) is 30.7 Å². The summed E-state index contributed by atoms with van der Waals surface area (Å²) in [5.74, 6) is -1.63. The second-order valence-electron chi connectivity index (χ2n) is 4.20. The maximum absolute atomic E-state index is 13.7. The van der Waals surface area contributed by atoms with E-state index in [0.29, 0.717) is 6.07 Å². The summed E-state index contributed by atoms with van der Waals surface area (Å²) in [5.41, 5.74) is -6.75. The number of halogens is 7. The van der Waals surface area contributed by atoms with Gasteiger partial charge in [-0.25, -0.2) is 4.39 Å². The molecule has 0 aromatic heterocycles. The predicted molar refractivity (Wildman–Crippen MR) is 64.7 cm³/mol. The molecule has 24 heavy (non-hydrogen) atoms. The van der Waals surface area contributed by atoms with Crippen LogP contribution in [-0.4, -0.2) is 23.2 Å². The van der Waals surface area contributed by atoms with Gasteiger partial charge in [0, 0.05) is 5.56 Å². The molecule has 0 fully saturated rings. The van der Waals surface area contributed by atoms with Crippen LogP contribution in [0.1, 0.15) is 5.56 Å². The van der Waals surface area contributed by atoms with Gasteiger partial charge < -0.3 is 5.11 Å². The molecular weight excluding hydrogens is 349 g/mol. The van der Waals surface area contributed by atoms with Gasteiger partial charge in [0.2, 0.25) is 5.71 Å². The highest BCUT2D eigenvalue weighted by Gasteiger charge is 2.71. The van der Waals surface area contributed by atoms with Gasteiger partial charge in [-0.15, -0.1) is 0 Å². The molecule has 0 saturated heterocycles. The second-order valence-corrected chi connectivity index (χ2v) is 4.20. The topological polar surface area (TPSA) is 92.2 Å². The van der Waals surface area contributed by atoms with E-state index in [4.69, 9.17) is 15.6 Å². The Kier molecular flexibility index (Phi) is 5.06. The predicted octanol–water partition coefficient (Wildman–Crippen LogP) is 2.95. The van der Waals surface area contributed by atoms with E-state index < -0.39 is 40.7 Å². The second kappa shape index (κ2) is 6.33. The van der Waals surface area contributed by atoms with Crippen molar-refractivity contribution in [2.45, 2.75) is 18.0 Å². The molecule has 0 radical (unpaired) electrons. The van der Waals surface area contributed by atoms with Crippen molar-refractivity contribution >= 4 is 11.4 Å². The molecular formula is C12H5F7N4O. The first-order chi connectivity index (χ1) is 10.9. The van der Waals surface area contributed by atoms with Gasteiger partial charge in [0.25, 0.3) is 5.60 Å². The zero-order valence-corrected chi connectivity index (χ0v) is 11.2. The van der Waals surface area contributed by atoms with Crippen molar-refractivity contribution < 1.29 is 35.8 Å². The van der Waals surface area contributed by atoms with Crippen LogP contribution in [0.3, 0.4) is 0 Å². The Labute approximate surface area is 129 Å². The van der Waals surface area contributed by atoms with Crippen LogP contribution in [0.15, 0.2) is 23.3 Å². The summed E-state index contributed by atoms with van der Waals surface area (Å²) < 4.78 is 89.6. The summed E-state index contributed by atoms with van der Waals surface area (Å²) in [7, 11) is 0. The highest BCUT2D eigenvalue weighted by Crippen LogP contribution is 2.50. The highest BCUT2D eigenvalue weighted by atomic mass is 19.4. The minimum Gasteiger partial charge on any atom is -0.369 e. The van der Waals surface area contributed by atoms with E-state index in [1.54, 1.807) is 5.43 Å². The summed E-state index contributed by atoms with van der Waals surface area (Å²) in [6.07, 6.45) is -12.3. The SMILES string of the molecule is N#CC(C#N)=NNc1ccc(C(O)(C(F)(F)F)C(F)(F)F)cc1F. The number of hydrogen-bond donors (Lipinski definition) is 2. The van der Waals surface area contributed by atoms with Crippen LogP contribution < -0.4 is 5.43 Å². The molecule has 0 heterocycles. The number of benzene rings is 1. The van der Waals surface area contributed by atoms with Crippen molar-refractivity contribution in [3.05, 3.63) is 29.6 Å². The van der Waals surface area contributed by atoms with E-state index in [-0.39, 0.29) is 12.1 Å². The summed E-state index contributed by atoms with van der Waals surface area (Å²) in [5, 5.41) is 29.0. The number of nitrogens with zero attached hydrogens (tertiary/aromatic N) is 3. The van der Waals surface area contributed by atoms with Gasteiger partial charge in [-0.2, -0.15) is 42.0 Å². The van der Waals surface area contributed by atoms with Crippen molar-refractivity contribution in [3.8, 4) is 12.1 Å². The lowest BCUT2D eigenvalue weighted by Gasteiger charge is -2.32. The number of alkyl halides is 6. The van der Waals surface area contributed by atoms with Gasteiger partial charge in [0.05, 0.1) is 5.69 Å². The first kappa shape index (κ1) is 19.2. The molecule has 0 bridgehead atoms. The zero-order valence-electron chi connectivity index (χ0n) is 11.2. The van der Waals surface area contributed by atoms with E-state index in [1.807, 2.05) is 0 Å². The van der Waals surface area contributed by atoms with Crippen LogP contribution in [0.2, 0.25) is 0 Å². The molecule has 0 saturated carbocycles. The maximum atomic E-state index is 13.7. The van der Waals surface area contributed by atoms with Crippen LogP contribution in [0.4, 0.5) is 36.4 Å². The number of rotatable bonds is 3. The Morgan fingerprint density at radius 2 is 1.54 bits per heavy atom. The standard InChI is InChI=1S/C12H5F7N4O/c13-8-3-6(10(24,11(14,15)16)12(17,18)19)1-2-9(8)23-22-7(4-20)5-21/h1-3,23-24H. The monoisotopic (exact) mass is 354 g/mol. The summed E-state index contributed by atoms with van der Waals surface area (Å²) in [6.45, 7) is 0. The van der Waals surface area contributed by atoms with Crippen molar-refractivity contribution in [2.75, 3.05) is 5.43 Å². The Morgan fingerprint density at radius 1 is 1.04 bits per heavy atom. The normalized spacial score (nSPS) is 12.1. The van der Waals surface area contributed by atoms with Crippen LogP contribution in [0.25, 0.3) is 0 Å². The van der Waals surface area contributed by atoms with Crippen molar-refractivity contribution in [1.29, 1.82) is 10.5 Å². The molecule has 128 valence electrons. The fourth-order valence-corrected chi connectivity index (χ4v) is 1.51. The van der Waals surface area contributed by atoms with Gasteiger partial charge >= 0.3 is 12.4 Å². The van der Waals surface area contributed by atoms with Gasteiger partial charge in [-0.1, -0.05) is 6.07 Å². The summed E-state index contributed by atoms with van der Waals surface area (Å²) in [4.78, 5) is 0. The van der Waals surface area contributed by atoms with Crippen molar-refractivity contribution in [1.82, 2.24) is 0 Å². The molecule has 0 spiro atoms. The lowest BCUT2D eigenvalue weighted by Crippen LogP contribution is -2.53. The number of hydrazone groups is 1. The molecule has 1 rings (SSSR count). The number of hydrogen-bond acceptors (Lipinski definition) is 5. The Hall–Kier alpha value is -2.86. The van der Waals surface area contributed by atoms with Crippen molar-refractivity contribution in [2.24, 2.45) is 5.10 Å². The zero-order chi connectivity index (χ0) is 18.8. The molecule has 5 nitrogen and oxygen atoms in total.